The van der Waals surface area contributed by atoms with E-state index in [1.165, 1.54) is 27.1 Å². The topological polar surface area (TPSA) is 67.6 Å². The number of fused-ring (bicyclic) bond motifs is 1. The Balaban J connectivity index is 1.52. The smallest absolute Gasteiger partial charge is 0.425 e. The highest BCUT2D eigenvalue weighted by Gasteiger charge is 2.39. The lowest BCUT2D eigenvalue weighted by molar-refractivity contribution is -0.189. The van der Waals surface area contributed by atoms with Gasteiger partial charge in [0.15, 0.2) is 17.5 Å². The van der Waals surface area contributed by atoms with Crippen molar-refractivity contribution < 1.29 is 17.9 Å². The van der Waals surface area contributed by atoms with Gasteiger partial charge in [-0.1, -0.05) is 6.92 Å². The third-order valence-corrected chi connectivity index (χ3v) is 7.21. The molecule has 1 saturated carbocycles. The van der Waals surface area contributed by atoms with E-state index >= 15 is 0 Å². The summed E-state index contributed by atoms with van der Waals surface area (Å²) in [5.74, 6) is 1.25. The Morgan fingerprint density at radius 1 is 1.36 bits per heavy atom. The minimum atomic E-state index is -4.46. The molecule has 180 valence electrons. The van der Waals surface area contributed by atoms with E-state index in [1.807, 2.05) is 6.92 Å². The van der Waals surface area contributed by atoms with Crippen LogP contribution >= 0.6 is 11.5 Å². The van der Waals surface area contributed by atoms with Crippen LogP contribution in [0.4, 0.5) is 24.1 Å². The molecule has 4 rings (SSSR count). The maximum Gasteiger partial charge on any atom is 0.425 e. The first-order chi connectivity index (χ1) is 15.7. The molecular weight excluding hydrogens is 453 g/mol. The Bertz CT molecular complexity index is 1080. The molecule has 1 N–H and O–H groups in total. The fourth-order valence-electron chi connectivity index (χ4n) is 4.36. The number of ether oxygens (including phenoxy) is 1. The predicted octanol–water partition coefficient (Wildman–Crippen LogP) is 5.18. The lowest BCUT2D eigenvalue weighted by atomic mass is 9.98. The van der Waals surface area contributed by atoms with Crippen molar-refractivity contribution >= 4 is 28.1 Å². The largest absolute Gasteiger partial charge is 0.477 e. The van der Waals surface area contributed by atoms with Gasteiger partial charge in [0.25, 0.3) is 0 Å². The number of halogens is 3. The second kappa shape index (κ2) is 9.36. The van der Waals surface area contributed by atoms with Crippen LogP contribution in [0, 0.1) is 18.8 Å². The summed E-state index contributed by atoms with van der Waals surface area (Å²) >= 11 is 1.52. The molecule has 1 fully saturated rings. The number of aryl methyl sites for hydroxylation is 1. The second-order valence-corrected chi connectivity index (χ2v) is 9.49. The van der Waals surface area contributed by atoms with Crippen molar-refractivity contribution in [3.05, 3.63) is 30.1 Å². The van der Waals surface area contributed by atoms with E-state index in [4.69, 9.17) is 4.74 Å². The van der Waals surface area contributed by atoms with Crippen molar-refractivity contribution in [1.82, 2.24) is 19.0 Å². The number of nitrogens with one attached hydrogen (secondary N) is 1. The Labute approximate surface area is 195 Å². The van der Waals surface area contributed by atoms with Gasteiger partial charge in [0, 0.05) is 25.3 Å². The number of alkyl halides is 3. The van der Waals surface area contributed by atoms with Crippen LogP contribution < -0.4 is 15.0 Å². The maximum absolute atomic E-state index is 13.0. The third-order valence-electron chi connectivity index (χ3n) is 6.26. The SMILES string of the molecule is CCN(C[C@@H]1CC[C@H](C)[C@H]1Nc1nc2c(O[C@@H](C)C(F)(F)F)cccn2n1)c1cc(C)ns1. The molecule has 0 unspecified atom stereocenters. The Kier molecular flexibility index (Phi) is 6.69. The van der Waals surface area contributed by atoms with Gasteiger partial charge in [-0.05, 0) is 75.2 Å². The van der Waals surface area contributed by atoms with E-state index in [0.717, 1.165) is 38.5 Å². The van der Waals surface area contributed by atoms with Gasteiger partial charge in [-0.2, -0.15) is 22.5 Å². The van der Waals surface area contributed by atoms with E-state index in [1.54, 1.807) is 12.3 Å². The lowest BCUT2D eigenvalue weighted by Crippen LogP contribution is -2.38. The summed E-state index contributed by atoms with van der Waals surface area (Å²) < 4.78 is 49.9. The van der Waals surface area contributed by atoms with E-state index in [2.05, 4.69) is 44.6 Å². The van der Waals surface area contributed by atoms with Gasteiger partial charge in [-0.25, -0.2) is 4.52 Å². The zero-order valence-electron chi connectivity index (χ0n) is 19.1. The van der Waals surface area contributed by atoms with E-state index in [0.29, 0.717) is 17.8 Å². The molecule has 11 heteroatoms. The highest BCUT2D eigenvalue weighted by Crippen LogP contribution is 2.35. The minimum absolute atomic E-state index is 0.0524. The van der Waals surface area contributed by atoms with Crippen LogP contribution in [0.2, 0.25) is 0 Å². The number of pyridine rings is 1. The molecule has 0 spiro atoms. The van der Waals surface area contributed by atoms with Crippen molar-refractivity contribution in [3.8, 4) is 5.75 Å². The van der Waals surface area contributed by atoms with Crippen LogP contribution in [0.3, 0.4) is 0 Å². The molecule has 33 heavy (non-hydrogen) atoms. The van der Waals surface area contributed by atoms with Gasteiger partial charge >= 0.3 is 6.18 Å². The highest BCUT2D eigenvalue weighted by molar-refractivity contribution is 7.10. The first-order valence-corrected chi connectivity index (χ1v) is 12.0. The number of anilines is 2. The fourth-order valence-corrected chi connectivity index (χ4v) is 5.20. The highest BCUT2D eigenvalue weighted by atomic mass is 32.1. The van der Waals surface area contributed by atoms with Crippen LogP contribution in [-0.4, -0.2) is 50.4 Å². The molecule has 3 heterocycles. The molecular formula is C22H29F3N6OS. The van der Waals surface area contributed by atoms with Crippen LogP contribution in [0.25, 0.3) is 5.65 Å². The molecule has 0 amide bonds. The van der Waals surface area contributed by atoms with Crippen molar-refractivity contribution in [3.63, 3.8) is 0 Å². The van der Waals surface area contributed by atoms with Gasteiger partial charge in [0.05, 0.1) is 5.69 Å². The molecule has 1 aliphatic rings. The molecule has 4 atom stereocenters. The van der Waals surface area contributed by atoms with E-state index < -0.39 is 12.3 Å². The molecule has 0 saturated heterocycles. The average Bonchev–Trinajstić information content (AvgIpc) is 3.46. The molecule has 0 radical (unpaired) electrons. The van der Waals surface area contributed by atoms with Gasteiger partial charge in [0.2, 0.25) is 5.95 Å². The zero-order chi connectivity index (χ0) is 23.8. The molecule has 0 aliphatic heterocycles. The van der Waals surface area contributed by atoms with Crippen LogP contribution in [0.5, 0.6) is 5.75 Å². The number of rotatable bonds is 8. The van der Waals surface area contributed by atoms with Gasteiger partial charge in [0.1, 0.15) is 5.00 Å². The quantitative estimate of drug-likeness (QED) is 0.477. The van der Waals surface area contributed by atoms with Crippen LogP contribution in [-0.2, 0) is 0 Å². The minimum Gasteiger partial charge on any atom is -0.477 e. The molecule has 0 aromatic carbocycles. The monoisotopic (exact) mass is 482 g/mol. The number of hydrogen-bond donors (Lipinski definition) is 1. The van der Waals surface area contributed by atoms with Crippen LogP contribution in [0.1, 0.15) is 39.3 Å². The van der Waals surface area contributed by atoms with Gasteiger partial charge < -0.3 is 15.0 Å². The third kappa shape index (κ3) is 5.18. The normalized spacial score (nSPS) is 22.0. The second-order valence-electron chi connectivity index (χ2n) is 8.71. The molecule has 7 nitrogen and oxygen atoms in total. The molecule has 0 bridgehead atoms. The standard InChI is InChI=1S/C22H29F3N6OS/c1-5-30(18-11-14(3)29-33-18)12-16-9-8-13(2)19(16)26-21-27-20-17(7-6-10-31(20)28-21)32-15(4)22(23,24)25/h6-7,10-11,13,15-16,19H,5,8-9,12H2,1-4H3,(H,26,28)/t13-,15-,16-,19+/m0/s1. The maximum atomic E-state index is 13.0. The first-order valence-electron chi connectivity index (χ1n) is 11.2. The lowest BCUT2D eigenvalue weighted by Gasteiger charge is -2.29. The van der Waals surface area contributed by atoms with Crippen molar-refractivity contribution in [2.75, 3.05) is 23.3 Å². The number of nitrogens with zero attached hydrogens (tertiary/aromatic N) is 5. The summed E-state index contributed by atoms with van der Waals surface area (Å²) in [6.07, 6.45) is -2.57. The number of hydrogen-bond acceptors (Lipinski definition) is 7. The molecule has 3 aromatic rings. The van der Waals surface area contributed by atoms with Crippen molar-refractivity contribution in [2.24, 2.45) is 11.8 Å². The predicted molar refractivity (Wildman–Crippen MR) is 123 cm³/mol. The fraction of sp³-hybridized carbons (Fsp3) is 0.591. The van der Waals surface area contributed by atoms with E-state index in [-0.39, 0.29) is 17.4 Å². The Morgan fingerprint density at radius 3 is 2.82 bits per heavy atom. The van der Waals surface area contributed by atoms with Crippen LogP contribution in [0.15, 0.2) is 24.4 Å². The van der Waals surface area contributed by atoms with E-state index in [9.17, 15) is 13.2 Å². The number of aromatic nitrogens is 4. The Hall–Kier alpha value is -2.56. The summed E-state index contributed by atoms with van der Waals surface area (Å²) in [5, 5.41) is 9.08. The summed E-state index contributed by atoms with van der Waals surface area (Å²) in [6, 6.07) is 5.35. The summed E-state index contributed by atoms with van der Waals surface area (Å²) in [6.45, 7) is 9.12. The summed E-state index contributed by atoms with van der Waals surface area (Å²) in [4.78, 5) is 6.82. The average molecular weight is 483 g/mol. The molecule has 1 aliphatic carbocycles. The summed E-state index contributed by atoms with van der Waals surface area (Å²) in [5.41, 5.74) is 1.28. The summed E-state index contributed by atoms with van der Waals surface area (Å²) in [7, 11) is 0. The van der Waals surface area contributed by atoms with Crippen molar-refractivity contribution in [2.45, 2.75) is 58.9 Å². The zero-order valence-corrected chi connectivity index (χ0v) is 20.0. The Morgan fingerprint density at radius 2 is 2.15 bits per heavy atom. The van der Waals surface area contributed by atoms with Crippen molar-refractivity contribution in [1.29, 1.82) is 0 Å². The van der Waals surface area contributed by atoms with Gasteiger partial charge in [-0.15, -0.1) is 5.10 Å². The first kappa shape index (κ1) is 23.6. The molecule has 3 aromatic heterocycles. The van der Waals surface area contributed by atoms with Gasteiger partial charge in [-0.3, -0.25) is 0 Å².